The van der Waals surface area contributed by atoms with Crippen LogP contribution in [-0.2, 0) is 11.3 Å². The predicted molar refractivity (Wildman–Crippen MR) is 57.6 cm³/mol. The van der Waals surface area contributed by atoms with Crippen LogP contribution in [0.5, 0.6) is 5.88 Å². The lowest BCUT2D eigenvalue weighted by molar-refractivity contribution is -0.276. The third-order valence-electron chi connectivity index (χ3n) is 2.04. The lowest BCUT2D eigenvalue weighted by Gasteiger charge is -2.12. The summed E-state index contributed by atoms with van der Waals surface area (Å²) in [7, 11) is 0. The van der Waals surface area contributed by atoms with E-state index in [1.807, 2.05) is 0 Å². The number of aromatic amines is 1. The van der Waals surface area contributed by atoms with Crippen molar-refractivity contribution in [3.05, 3.63) is 27.5 Å². The molecular formula is C10H11F3N2O4. The third-order valence-corrected chi connectivity index (χ3v) is 2.04. The summed E-state index contributed by atoms with van der Waals surface area (Å²) in [5.74, 6) is -2.23. The van der Waals surface area contributed by atoms with E-state index in [1.165, 1.54) is 6.92 Å². The van der Waals surface area contributed by atoms with Crippen LogP contribution in [0, 0.1) is 0 Å². The molecule has 0 saturated heterocycles. The fourth-order valence-electron chi connectivity index (χ4n) is 1.29. The van der Waals surface area contributed by atoms with Crippen molar-refractivity contribution in [2.75, 3.05) is 6.61 Å². The minimum atomic E-state index is -5.05. The van der Waals surface area contributed by atoms with Gasteiger partial charge < -0.3 is 20.2 Å². The minimum absolute atomic E-state index is 0.0578. The number of carbonyl (C=O) groups excluding carboxylic acids is 1. The molecule has 0 aliphatic heterocycles. The Morgan fingerprint density at radius 3 is 2.58 bits per heavy atom. The highest BCUT2D eigenvalue weighted by Gasteiger charge is 2.35. The number of rotatable bonds is 4. The molecule has 106 valence electrons. The lowest BCUT2D eigenvalue weighted by Crippen LogP contribution is -2.27. The zero-order chi connectivity index (χ0) is 14.6. The maximum Gasteiger partial charge on any atom is 0.574 e. The molecule has 1 heterocycles. The Balaban J connectivity index is 3.35. The fourth-order valence-corrected chi connectivity index (χ4v) is 1.29. The molecule has 1 aromatic heterocycles. The molecule has 0 fully saturated rings. The number of halogens is 3. The largest absolute Gasteiger partial charge is 0.574 e. The number of aromatic nitrogens is 1. The Hall–Kier alpha value is -2.03. The number of alkyl halides is 3. The highest BCUT2D eigenvalue weighted by molar-refractivity contribution is 5.91. The molecule has 6 nitrogen and oxygen atoms in total. The average molecular weight is 280 g/mol. The van der Waals surface area contributed by atoms with E-state index in [1.54, 1.807) is 0 Å². The second-order valence-corrected chi connectivity index (χ2v) is 3.32. The standard InChI is InChI=1S/C10H11F3N2O4/c1-2-18-9(17)6-7(16)5(3-14)4-15-8(6)19-10(11,12)13/h4H,2-3,14H2,1H3,(H,15,16). The van der Waals surface area contributed by atoms with Crippen molar-refractivity contribution < 1.29 is 27.4 Å². The molecule has 0 radical (unpaired) electrons. The topological polar surface area (TPSA) is 94.4 Å². The van der Waals surface area contributed by atoms with Gasteiger partial charge in [-0.2, -0.15) is 0 Å². The molecule has 0 amide bonds. The van der Waals surface area contributed by atoms with Crippen molar-refractivity contribution in [2.45, 2.75) is 19.8 Å². The third kappa shape index (κ3) is 3.71. The number of nitrogens with one attached hydrogen (secondary N) is 1. The van der Waals surface area contributed by atoms with Crippen LogP contribution in [0.4, 0.5) is 13.2 Å². The number of H-pyrrole nitrogens is 1. The molecule has 0 spiro atoms. The van der Waals surface area contributed by atoms with E-state index in [-0.39, 0.29) is 18.7 Å². The molecule has 1 rings (SSSR count). The number of ether oxygens (including phenoxy) is 2. The van der Waals surface area contributed by atoms with Gasteiger partial charge in [-0.1, -0.05) is 0 Å². The maximum absolute atomic E-state index is 12.2. The van der Waals surface area contributed by atoms with Gasteiger partial charge in [0.2, 0.25) is 11.3 Å². The Kier molecular flexibility index (Phi) is 4.54. The normalized spacial score (nSPS) is 11.2. The molecule has 0 aliphatic carbocycles. The number of carbonyl (C=O) groups is 1. The molecular weight excluding hydrogens is 269 g/mol. The van der Waals surface area contributed by atoms with Crippen LogP contribution >= 0.6 is 0 Å². The van der Waals surface area contributed by atoms with Gasteiger partial charge in [0.25, 0.3) is 0 Å². The minimum Gasteiger partial charge on any atom is -0.462 e. The van der Waals surface area contributed by atoms with Crippen LogP contribution in [0.3, 0.4) is 0 Å². The van der Waals surface area contributed by atoms with E-state index < -0.39 is 29.2 Å². The van der Waals surface area contributed by atoms with Gasteiger partial charge in [0.15, 0.2) is 5.56 Å². The number of nitrogens with two attached hydrogens (primary N) is 1. The molecule has 0 aliphatic rings. The van der Waals surface area contributed by atoms with Gasteiger partial charge in [-0.3, -0.25) is 4.79 Å². The summed E-state index contributed by atoms with van der Waals surface area (Å²) >= 11 is 0. The molecule has 0 aromatic carbocycles. The number of hydrogen-bond acceptors (Lipinski definition) is 5. The van der Waals surface area contributed by atoms with Crippen molar-refractivity contribution in [2.24, 2.45) is 5.73 Å². The van der Waals surface area contributed by atoms with Crippen LogP contribution in [0.1, 0.15) is 22.8 Å². The van der Waals surface area contributed by atoms with Crippen LogP contribution in [0.2, 0.25) is 0 Å². The second kappa shape index (κ2) is 5.74. The lowest BCUT2D eigenvalue weighted by atomic mass is 10.2. The summed E-state index contributed by atoms with van der Waals surface area (Å²) in [6.45, 7) is 1.10. The summed E-state index contributed by atoms with van der Waals surface area (Å²) in [6.07, 6.45) is -4.10. The van der Waals surface area contributed by atoms with Crippen LogP contribution in [-0.4, -0.2) is 23.9 Å². The smallest absolute Gasteiger partial charge is 0.462 e. The first-order chi connectivity index (χ1) is 8.80. The molecule has 0 saturated carbocycles. The summed E-state index contributed by atoms with van der Waals surface area (Å²) in [5, 5.41) is 0. The average Bonchev–Trinajstić information content (AvgIpc) is 2.27. The molecule has 0 atom stereocenters. The first-order valence-corrected chi connectivity index (χ1v) is 5.17. The Morgan fingerprint density at radius 1 is 1.47 bits per heavy atom. The van der Waals surface area contributed by atoms with E-state index in [2.05, 4.69) is 14.5 Å². The predicted octanol–water partition coefficient (Wildman–Crippen LogP) is 0.909. The fraction of sp³-hybridized carbons (Fsp3) is 0.400. The Morgan fingerprint density at radius 2 is 2.11 bits per heavy atom. The van der Waals surface area contributed by atoms with Crippen LogP contribution in [0.25, 0.3) is 0 Å². The first-order valence-electron chi connectivity index (χ1n) is 5.17. The maximum atomic E-state index is 12.2. The molecule has 9 heteroatoms. The zero-order valence-corrected chi connectivity index (χ0v) is 9.84. The highest BCUT2D eigenvalue weighted by atomic mass is 19.4. The van der Waals surface area contributed by atoms with Crippen LogP contribution < -0.4 is 15.9 Å². The summed E-state index contributed by atoms with van der Waals surface area (Å²) in [6, 6.07) is 0. The van der Waals surface area contributed by atoms with Gasteiger partial charge in [-0.05, 0) is 6.92 Å². The summed E-state index contributed by atoms with van der Waals surface area (Å²) in [4.78, 5) is 25.4. The Labute approximate surface area is 105 Å². The SMILES string of the molecule is CCOC(=O)c1c(OC(F)(F)F)[nH]cc(CN)c1=O. The van der Waals surface area contributed by atoms with E-state index in [0.717, 1.165) is 6.20 Å². The quantitative estimate of drug-likeness (QED) is 0.799. The molecule has 0 bridgehead atoms. The van der Waals surface area contributed by atoms with E-state index in [4.69, 9.17) is 5.73 Å². The van der Waals surface area contributed by atoms with Gasteiger partial charge in [0.05, 0.1) is 6.61 Å². The van der Waals surface area contributed by atoms with Crippen molar-refractivity contribution in [3.8, 4) is 5.88 Å². The molecule has 19 heavy (non-hydrogen) atoms. The molecule has 0 unspecified atom stereocenters. The summed E-state index contributed by atoms with van der Waals surface area (Å²) < 4.78 is 44.6. The number of hydrogen-bond donors (Lipinski definition) is 2. The number of esters is 1. The van der Waals surface area contributed by atoms with E-state index >= 15 is 0 Å². The Bertz CT molecular complexity index is 524. The first kappa shape index (κ1) is 15.0. The zero-order valence-electron chi connectivity index (χ0n) is 9.84. The monoisotopic (exact) mass is 280 g/mol. The second-order valence-electron chi connectivity index (χ2n) is 3.32. The summed E-state index contributed by atoms with van der Waals surface area (Å²) in [5.41, 5.74) is 3.36. The van der Waals surface area contributed by atoms with Gasteiger partial charge in [0.1, 0.15) is 0 Å². The van der Waals surface area contributed by atoms with Gasteiger partial charge in [-0.15, -0.1) is 13.2 Å². The van der Waals surface area contributed by atoms with Crippen molar-refractivity contribution in [3.63, 3.8) is 0 Å². The van der Waals surface area contributed by atoms with Crippen molar-refractivity contribution in [1.82, 2.24) is 4.98 Å². The van der Waals surface area contributed by atoms with Gasteiger partial charge in [-0.25, -0.2) is 4.79 Å². The van der Waals surface area contributed by atoms with Crippen molar-refractivity contribution in [1.29, 1.82) is 0 Å². The van der Waals surface area contributed by atoms with E-state index in [9.17, 15) is 22.8 Å². The van der Waals surface area contributed by atoms with Crippen LogP contribution in [0.15, 0.2) is 11.0 Å². The molecule has 3 N–H and O–H groups in total. The number of pyridine rings is 1. The molecule has 1 aromatic rings. The van der Waals surface area contributed by atoms with E-state index in [0.29, 0.717) is 0 Å². The van der Waals surface area contributed by atoms with Gasteiger partial charge in [0, 0.05) is 18.3 Å². The van der Waals surface area contributed by atoms with Crippen molar-refractivity contribution >= 4 is 5.97 Å². The van der Waals surface area contributed by atoms with Gasteiger partial charge >= 0.3 is 12.3 Å². The highest BCUT2D eigenvalue weighted by Crippen LogP contribution is 2.23.